The van der Waals surface area contributed by atoms with Crippen molar-refractivity contribution < 1.29 is 19.4 Å². The minimum atomic E-state index is -0.914. The second-order valence-corrected chi connectivity index (χ2v) is 5.93. The molecule has 0 bridgehead atoms. The van der Waals surface area contributed by atoms with Crippen molar-refractivity contribution in [1.82, 2.24) is 0 Å². The number of carboxylic acid groups (broad SMARTS) is 1. The number of rotatable bonds is 11. The summed E-state index contributed by atoms with van der Waals surface area (Å²) in [4.78, 5) is 10.9. The van der Waals surface area contributed by atoms with Gasteiger partial charge in [-0.25, -0.2) is 4.79 Å². The summed E-state index contributed by atoms with van der Waals surface area (Å²) in [5, 5.41) is 8.93. The Labute approximate surface area is 149 Å². The molecule has 0 heterocycles. The van der Waals surface area contributed by atoms with Gasteiger partial charge in [0.25, 0.3) is 0 Å². The summed E-state index contributed by atoms with van der Waals surface area (Å²) in [6.07, 6.45) is 4.85. The van der Waals surface area contributed by atoms with Crippen molar-refractivity contribution in [2.45, 2.75) is 32.6 Å². The van der Waals surface area contributed by atoms with Gasteiger partial charge in [-0.1, -0.05) is 50.5 Å². The highest BCUT2D eigenvalue weighted by Crippen LogP contribution is 2.22. The number of aromatic carboxylic acids is 1. The summed E-state index contributed by atoms with van der Waals surface area (Å²) in [6.45, 7) is 4.14. The maximum Gasteiger partial charge on any atom is 0.335 e. The molecule has 0 aliphatic heterocycles. The Hall–Kier alpha value is -2.33. The van der Waals surface area contributed by atoms with Crippen LogP contribution in [0.2, 0.25) is 0 Å². The van der Waals surface area contributed by atoms with E-state index in [-0.39, 0.29) is 0 Å². The SMILES string of the molecule is CCCCCCOCCOc1ccc(-c2ccc(C(=O)O)cc2)cc1. The Morgan fingerprint density at radius 2 is 1.48 bits per heavy atom. The number of hydrogen-bond acceptors (Lipinski definition) is 3. The molecule has 4 nitrogen and oxygen atoms in total. The predicted octanol–water partition coefficient (Wildman–Crippen LogP) is 5.03. The van der Waals surface area contributed by atoms with Gasteiger partial charge in [0.05, 0.1) is 12.2 Å². The number of ether oxygens (including phenoxy) is 2. The van der Waals surface area contributed by atoms with Crippen LogP contribution in [0.1, 0.15) is 43.0 Å². The van der Waals surface area contributed by atoms with E-state index in [0.717, 1.165) is 29.9 Å². The normalized spacial score (nSPS) is 10.6. The number of carboxylic acids is 1. The van der Waals surface area contributed by atoms with Crippen molar-refractivity contribution in [3.63, 3.8) is 0 Å². The van der Waals surface area contributed by atoms with Gasteiger partial charge in [-0.05, 0) is 41.8 Å². The molecule has 2 aromatic carbocycles. The van der Waals surface area contributed by atoms with E-state index in [2.05, 4.69) is 6.92 Å². The van der Waals surface area contributed by atoms with Crippen molar-refractivity contribution in [3.8, 4) is 16.9 Å². The third-order valence-corrected chi connectivity index (χ3v) is 3.96. The molecule has 0 unspecified atom stereocenters. The Kier molecular flexibility index (Phi) is 7.99. The number of benzene rings is 2. The quantitative estimate of drug-likeness (QED) is 0.582. The molecule has 25 heavy (non-hydrogen) atoms. The van der Waals surface area contributed by atoms with Crippen LogP contribution in [0.15, 0.2) is 48.5 Å². The van der Waals surface area contributed by atoms with E-state index < -0.39 is 5.97 Å². The van der Waals surface area contributed by atoms with Crippen LogP contribution in [0.4, 0.5) is 0 Å². The predicted molar refractivity (Wildman–Crippen MR) is 99.3 cm³/mol. The summed E-state index contributed by atoms with van der Waals surface area (Å²) in [5.41, 5.74) is 2.29. The van der Waals surface area contributed by atoms with Gasteiger partial charge in [0.15, 0.2) is 0 Å². The first kappa shape index (κ1) is 19.0. The summed E-state index contributed by atoms with van der Waals surface area (Å²) < 4.78 is 11.2. The lowest BCUT2D eigenvalue weighted by Crippen LogP contribution is -2.07. The molecule has 2 rings (SSSR count). The average Bonchev–Trinajstić information content (AvgIpc) is 2.64. The summed E-state index contributed by atoms with van der Waals surface area (Å²) in [6, 6.07) is 14.6. The Morgan fingerprint density at radius 3 is 2.08 bits per heavy atom. The van der Waals surface area contributed by atoms with E-state index in [9.17, 15) is 4.79 Å². The number of hydrogen-bond donors (Lipinski definition) is 1. The van der Waals surface area contributed by atoms with Crippen molar-refractivity contribution in [2.75, 3.05) is 19.8 Å². The van der Waals surface area contributed by atoms with E-state index in [1.54, 1.807) is 12.1 Å². The zero-order valence-electron chi connectivity index (χ0n) is 14.7. The largest absolute Gasteiger partial charge is 0.491 e. The van der Waals surface area contributed by atoms with Crippen LogP contribution >= 0.6 is 0 Å². The molecule has 0 atom stereocenters. The second-order valence-electron chi connectivity index (χ2n) is 5.93. The van der Waals surface area contributed by atoms with Crippen LogP contribution in [-0.2, 0) is 4.74 Å². The van der Waals surface area contributed by atoms with Crippen molar-refractivity contribution in [1.29, 1.82) is 0 Å². The first-order chi connectivity index (χ1) is 12.2. The highest BCUT2D eigenvalue weighted by molar-refractivity contribution is 5.88. The molecule has 0 fully saturated rings. The lowest BCUT2D eigenvalue weighted by Gasteiger charge is -2.08. The Balaban J connectivity index is 1.73. The van der Waals surface area contributed by atoms with E-state index in [0.29, 0.717) is 18.8 Å². The second kappa shape index (κ2) is 10.5. The first-order valence-corrected chi connectivity index (χ1v) is 8.85. The fourth-order valence-corrected chi connectivity index (χ4v) is 2.50. The van der Waals surface area contributed by atoms with Gasteiger partial charge in [0.2, 0.25) is 0 Å². The van der Waals surface area contributed by atoms with E-state index in [4.69, 9.17) is 14.6 Å². The zero-order chi connectivity index (χ0) is 17.9. The van der Waals surface area contributed by atoms with Crippen molar-refractivity contribution in [3.05, 3.63) is 54.1 Å². The molecule has 4 heteroatoms. The summed E-state index contributed by atoms with van der Waals surface area (Å²) >= 11 is 0. The molecule has 0 amide bonds. The van der Waals surface area contributed by atoms with Gasteiger partial charge >= 0.3 is 5.97 Å². The van der Waals surface area contributed by atoms with Crippen LogP contribution in [-0.4, -0.2) is 30.9 Å². The molecule has 0 aromatic heterocycles. The third kappa shape index (κ3) is 6.59. The van der Waals surface area contributed by atoms with Crippen LogP contribution in [0.25, 0.3) is 11.1 Å². The zero-order valence-corrected chi connectivity index (χ0v) is 14.7. The van der Waals surface area contributed by atoms with Crippen LogP contribution in [0.3, 0.4) is 0 Å². The molecule has 0 saturated heterocycles. The standard InChI is InChI=1S/C21H26O4/c1-2-3-4-5-14-24-15-16-25-20-12-10-18(11-13-20)17-6-8-19(9-7-17)21(22)23/h6-13H,2-5,14-16H2,1H3,(H,22,23). The minimum Gasteiger partial charge on any atom is -0.491 e. The third-order valence-electron chi connectivity index (χ3n) is 3.96. The van der Waals surface area contributed by atoms with Crippen molar-refractivity contribution in [2.24, 2.45) is 0 Å². The van der Waals surface area contributed by atoms with Gasteiger partial charge in [-0.2, -0.15) is 0 Å². The van der Waals surface area contributed by atoms with Crippen LogP contribution in [0, 0.1) is 0 Å². The Bertz CT molecular complexity index is 632. The minimum absolute atomic E-state index is 0.290. The van der Waals surface area contributed by atoms with Gasteiger partial charge in [-0.15, -0.1) is 0 Å². The highest BCUT2D eigenvalue weighted by atomic mass is 16.5. The lowest BCUT2D eigenvalue weighted by atomic mass is 10.0. The molecule has 134 valence electrons. The summed E-state index contributed by atoms with van der Waals surface area (Å²) in [7, 11) is 0. The maximum atomic E-state index is 10.9. The molecule has 0 aliphatic carbocycles. The molecule has 0 radical (unpaired) electrons. The molecule has 1 N–H and O–H groups in total. The molecule has 2 aromatic rings. The van der Waals surface area contributed by atoms with E-state index >= 15 is 0 Å². The average molecular weight is 342 g/mol. The molecule has 0 aliphatic rings. The van der Waals surface area contributed by atoms with Gasteiger partial charge in [0.1, 0.15) is 12.4 Å². The van der Waals surface area contributed by atoms with Gasteiger partial charge < -0.3 is 14.6 Å². The van der Waals surface area contributed by atoms with Crippen molar-refractivity contribution >= 4 is 5.97 Å². The first-order valence-electron chi connectivity index (χ1n) is 8.85. The van der Waals surface area contributed by atoms with E-state index in [1.807, 2.05) is 36.4 Å². The molecule has 0 spiro atoms. The van der Waals surface area contributed by atoms with Gasteiger partial charge in [-0.3, -0.25) is 0 Å². The number of carbonyl (C=O) groups is 1. The van der Waals surface area contributed by atoms with Gasteiger partial charge in [0, 0.05) is 6.61 Å². The fourth-order valence-electron chi connectivity index (χ4n) is 2.50. The molecule has 0 saturated carbocycles. The monoisotopic (exact) mass is 342 g/mol. The highest BCUT2D eigenvalue weighted by Gasteiger charge is 2.03. The fraction of sp³-hybridized carbons (Fsp3) is 0.381. The maximum absolute atomic E-state index is 10.9. The number of unbranched alkanes of at least 4 members (excludes halogenated alkanes) is 3. The van der Waals surface area contributed by atoms with Crippen LogP contribution < -0.4 is 4.74 Å². The van der Waals surface area contributed by atoms with E-state index in [1.165, 1.54) is 19.3 Å². The van der Waals surface area contributed by atoms with Crippen LogP contribution in [0.5, 0.6) is 5.75 Å². The lowest BCUT2D eigenvalue weighted by molar-refractivity contribution is 0.0697. The summed E-state index contributed by atoms with van der Waals surface area (Å²) in [5.74, 6) is -0.108. The topological polar surface area (TPSA) is 55.8 Å². The Morgan fingerprint density at radius 1 is 0.840 bits per heavy atom. The smallest absolute Gasteiger partial charge is 0.335 e. The molecular weight excluding hydrogens is 316 g/mol. The molecular formula is C21H26O4.